The normalized spacial score (nSPS) is 17.5. The highest BCUT2D eigenvalue weighted by molar-refractivity contribution is 5.82. The Hall–Kier alpha value is -2.90. The lowest BCUT2D eigenvalue weighted by molar-refractivity contribution is -0.131. The molecule has 1 aliphatic heterocycles. The minimum atomic E-state index is -0.276. The SMILES string of the molecule is Nc1nc(NC2CC2)cc(N2CCN(Cc3ccc(F)cc3)C(=O)C2)n1. The smallest absolute Gasteiger partial charge is 0.242 e. The van der Waals surface area contributed by atoms with Crippen LogP contribution in [0.1, 0.15) is 18.4 Å². The number of nitrogen functional groups attached to an aromatic ring is 1. The molecule has 7 nitrogen and oxygen atoms in total. The maximum atomic E-state index is 13.0. The summed E-state index contributed by atoms with van der Waals surface area (Å²) in [7, 11) is 0. The lowest BCUT2D eigenvalue weighted by Crippen LogP contribution is -2.50. The van der Waals surface area contributed by atoms with Gasteiger partial charge < -0.3 is 20.9 Å². The number of nitrogens with two attached hydrogens (primary N) is 1. The summed E-state index contributed by atoms with van der Waals surface area (Å²) < 4.78 is 13.0. The average molecular weight is 356 g/mol. The molecule has 1 aromatic carbocycles. The summed E-state index contributed by atoms with van der Waals surface area (Å²) in [5, 5.41) is 3.31. The minimum absolute atomic E-state index is 0.00876. The molecule has 136 valence electrons. The number of benzene rings is 1. The van der Waals surface area contributed by atoms with E-state index in [1.54, 1.807) is 17.0 Å². The highest BCUT2D eigenvalue weighted by Crippen LogP contribution is 2.26. The number of carbonyl (C=O) groups is 1. The first-order valence-corrected chi connectivity index (χ1v) is 8.75. The first kappa shape index (κ1) is 16.6. The Morgan fingerprint density at radius 1 is 1.19 bits per heavy atom. The Morgan fingerprint density at radius 3 is 2.65 bits per heavy atom. The van der Waals surface area contributed by atoms with Crippen LogP contribution in [0.4, 0.5) is 22.0 Å². The summed E-state index contributed by atoms with van der Waals surface area (Å²) in [5.74, 6) is 1.30. The Morgan fingerprint density at radius 2 is 1.96 bits per heavy atom. The first-order chi connectivity index (χ1) is 12.6. The summed E-state index contributed by atoms with van der Waals surface area (Å²) in [5.41, 5.74) is 6.74. The molecule has 2 aromatic rings. The second-order valence-corrected chi connectivity index (χ2v) is 6.75. The van der Waals surface area contributed by atoms with E-state index in [9.17, 15) is 9.18 Å². The number of amides is 1. The van der Waals surface area contributed by atoms with Crippen molar-refractivity contribution >= 4 is 23.5 Å². The van der Waals surface area contributed by atoms with Crippen LogP contribution in [0.15, 0.2) is 30.3 Å². The first-order valence-electron chi connectivity index (χ1n) is 8.75. The molecule has 0 bridgehead atoms. The van der Waals surface area contributed by atoms with Crippen molar-refractivity contribution in [1.29, 1.82) is 0 Å². The number of nitrogens with zero attached hydrogens (tertiary/aromatic N) is 4. The van der Waals surface area contributed by atoms with Gasteiger partial charge in [-0.2, -0.15) is 9.97 Å². The van der Waals surface area contributed by atoms with Crippen molar-refractivity contribution in [2.75, 3.05) is 35.6 Å². The number of carbonyl (C=O) groups excluding carboxylic acids is 1. The van der Waals surface area contributed by atoms with E-state index < -0.39 is 0 Å². The molecule has 1 aliphatic carbocycles. The third kappa shape index (κ3) is 3.84. The van der Waals surface area contributed by atoms with Gasteiger partial charge in [0.2, 0.25) is 11.9 Å². The highest BCUT2D eigenvalue weighted by atomic mass is 19.1. The molecular weight excluding hydrogens is 335 g/mol. The van der Waals surface area contributed by atoms with E-state index in [1.807, 2.05) is 11.0 Å². The van der Waals surface area contributed by atoms with E-state index in [0.29, 0.717) is 37.3 Å². The Balaban J connectivity index is 1.42. The number of hydrogen-bond donors (Lipinski definition) is 2. The third-order valence-electron chi connectivity index (χ3n) is 4.59. The predicted octanol–water partition coefficient (Wildman–Crippen LogP) is 1.62. The summed E-state index contributed by atoms with van der Waals surface area (Å²) in [4.78, 5) is 24.7. The van der Waals surface area contributed by atoms with Crippen LogP contribution in [0.5, 0.6) is 0 Å². The van der Waals surface area contributed by atoms with Crippen LogP contribution in [0.2, 0.25) is 0 Å². The summed E-state index contributed by atoms with van der Waals surface area (Å²) in [6.07, 6.45) is 2.28. The van der Waals surface area contributed by atoms with Gasteiger partial charge in [-0.15, -0.1) is 0 Å². The van der Waals surface area contributed by atoms with Gasteiger partial charge in [0.1, 0.15) is 17.5 Å². The van der Waals surface area contributed by atoms with Gasteiger partial charge in [-0.25, -0.2) is 4.39 Å². The van der Waals surface area contributed by atoms with Crippen molar-refractivity contribution in [2.45, 2.75) is 25.4 Å². The molecule has 1 saturated carbocycles. The second kappa shape index (κ2) is 6.78. The van der Waals surface area contributed by atoms with Gasteiger partial charge >= 0.3 is 0 Å². The number of piperazine rings is 1. The van der Waals surface area contributed by atoms with Crippen molar-refractivity contribution in [3.05, 3.63) is 41.7 Å². The number of rotatable bonds is 5. The highest BCUT2D eigenvalue weighted by Gasteiger charge is 2.26. The molecule has 3 N–H and O–H groups in total. The number of halogens is 1. The standard InChI is InChI=1S/C18H21FN6O/c19-13-3-1-12(2-4-13)10-25-8-7-24(11-17(25)26)16-9-15(21-14-5-6-14)22-18(20)23-16/h1-4,9,14H,5-8,10-11H2,(H3,20,21,22,23). The fourth-order valence-electron chi connectivity index (χ4n) is 3.01. The van der Waals surface area contributed by atoms with E-state index in [-0.39, 0.29) is 24.2 Å². The van der Waals surface area contributed by atoms with Gasteiger partial charge in [-0.1, -0.05) is 12.1 Å². The molecule has 2 aliphatic rings. The van der Waals surface area contributed by atoms with Crippen LogP contribution in [0.25, 0.3) is 0 Å². The molecular formula is C18H21FN6O. The summed E-state index contributed by atoms with van der Waals surface area (Å²) in [6.45, 7) is 1.95. The van der Waals surface area contributed by atoms with Crippen molar-refractivity contribution in [2.24, 2.45) is 0 Å². The van der Waals surface area contributed by atoms with Gasteiger partial charge in [-0.05, 0) is 30.5 Å². The van der Waals surface area contributed by atoms with Crippen LogP contribution in [0.3, 0.4) is 0 Å². The zero-order valence-electron chi connectivity index (χ0n) is 14.4. The predicted molar refractivity (Wildman–Crippen MR) is 97.1 cm³/mol. The molecule has 4 rings (SSSR count). The molecule has 2 fully saturated rings. The van der Waals surface area contributed by atoms with Gasteiger partial charge in [0.25, 0.3) is 0 Å². The van der Waals surface area contributed by atoms with Crippen molar-refractivity contribution in [3.63, 3.8) is 0 Å². The zero-order chi connectivity index (χ0) is 18.1. The lowest BCUT2D eigenvalue weighted by Gasteiger charge is -2.35. The maximum Gasteiger partial charge on any atom is 0.242 e. The van der Waals surface area contributed by atoms with Crippen molar-refractivity contribution in [3.8, 4) is 0 Å². The van der Waals surface area contributed by atoms with Crippen LogP contribution >= 0.6 is 0 Å². The molecule has 2 heterocycles. The summed E-state index contributed by atoms with van der Waals surface area (Å²) in [6, 6.07) is 8.54. The Kier molecular flexibility index (Phi) is 4.32. The molecule has 1 saturated heterocycles. The molecule has 26 heavy (non-hydrogen) atoms. The van der Waals surface area contributed by atoms with Crippen molar-refractivity contribution in [1.82, 2.24) is 14.9 Å². The average Bonchev–Trinajstić information content (AvgIpc) is 3.42. The Bertz CT molecular complexity index is 808. The quantitative estimate of drug-likeness (QED) is 0.847. The van der Waals surface area contributed by atoms with Crippen LogP contribution in [-0.2, 0) is 11.3 Å². The van der Waals surface area contributed by atoms with Crippen LogP contribution in [-0.4, -0.2) is 46.5 Å². The number of aromatic nitrogens is 2. The van der Waals surface area contributed by atoms with E-state index in [1.165, 1.54) is 12.1 Å². The monoisotopic (exact) mass is 356 g/mol. The third-order valence-corrected chi connectivity index (χ3v) is 4.59. The molecule has 1 amide bonds. The zero-order valence-corrected chi connectivity index (χ0v) is 14.4. The molecule has 0 spiro atoms. The largest absolute Gasteiger partial charge is 0.368 e. The maximum absolute atomic E-state index is 13.0. The fourth-order valence-corrected chi connectivity index (χ4v) is 3.01. The lowest BCUT2D eigenvalue weighted by atomic mass is 10.2. The number of anilines is 3. The van der Waals surface area contributed by atoms with Gasteiger partial charge in [0.15, 0.2) is 0 Å². The van der Waals surface area contributed by atoms with Gasteiger partial charge in [0, 0.05) is 31.7 Å². The minimum Gasteiger partial charge on any atom is -0.368 e. The summed E-state index contributed by atoms with van der Waals surface area (Å²) >= 11 is 0. The van der Waals surface area contributed by atoms with Gasteiger partial charge in [0.05, 0.1) is 6.54 Å². The van der Waals surface area contributed by atoms with E-state index in [4.69, 9.17) is 5.73 Å². The van der Waals surface area contributed by atoms with E-state index in [2.05, 4.69) is 15.3 Å². The molecule has 0 unspecified atom stereocenters. The molecule has 8 heteroatoms. The molecule has 0 radical (unpaired) electrons. The number of hydrogen-bond acceptors (Lipinski definition) is 6. The van der Waals surface area contributed by atoms with Crippen molar-refractivity contribution < 1.29 is 9.18 Å². The van der Waals surface area contributed by atoms with Gasteiger partial charge in [-0.3, -0.25) is 4.79 Å². The second-order valence-electron chi connectivity index (χ2n) is 6.75. The van der Waals surface area contributed by atoms with E-state index in [0.717, 1.165) is 18.4 Å². The number of nitrogens with one attached hydrogen (secondary N) is 1. The Labute approximate surface area is 151 Å². The van der Waals surface area contributed by atoms with Crippen LogP contribution in [0, 0.1) is 5.82 Å². The topological polar surface area (TPSA) is 87.4 Å². The molecule has 1 aromatic heterocycles. The van der Waals surface area contributed by atoms with Crippen LogP contribution < -0.4 is 16.0 Å². The van der Waals surface area contributed by atoms with E-state index >= 15 is 0 Å². The molecule has 0 atom stereocenters. The fraction of sp³-hybridized carbons (Fsp3) is 0.389.